The minimum Gasteiger partial charge on any atom is -0.293 e. The number of Topliss-reactive ketones (excluding diaryl/α,β-unsaturated/α-hetero) is 2. The molecule has 0 spiro atoms. The molecule has 0 bridgehead atoms. The van der Waals surface area contributed by atoms with Crippen molar-refractivity contribution in [2.45, 2.75) is 27.2 Å². The fourth-order valence-electron chi connectivity index (χ4n) is 2.62. The Balaban J connectivity index is 0.000000637. The van der Waals surface area contributed by atoms with E-state index < -0.39 is 5.92 Å². The van der Waals surface area contributed by atoms with Crippen molar-refractivity contribution in [3.05, 3.63) is 47.5 Å². The van der Waals surface area contributed by atoms with Crippen LogP contribution in [0.4, 0.5) is 0 Å². The van der Waals surface area contributed by atoms with E-state index in [9.17, 15) is 9.59 Å². The standard InChI is InChI=1S/C15H12O2.C2H6/c1-2-10-14(16)11-7-3-5-9-6-4-8-12(13(9)11)15(10)17;1-2/h3-8,10H,2H2,1H3;1-2H3. The summed E-state index contributed by atoms with van der Waals surface area (Å²) in [5, 5.41) is 1.80. The van der Waals surface area contributed by atoms with Crippen molar-refractivity contribution in [1.29, 1.82) is 0 Å². The summed E-state index contributed by atoms with van der Waals surface area (Å²) in [5.41, 5.74) is 1.40. The lowest BCUT2D eigenvalue weighted by molar-refractivity contribution is 0.0799. The zero-order chi connectivity index (χ0) is 14.0. The SMILES string of the molecule is CC.CCC1C(=O)c2cccc3cccc(c23)C1=O. The Morgan fingerprint density at radius 3 is 1.79 bits per heavy atom. The highest BCUT2D eigenvalue weighted by atomic mass is 16.2. The van der Waals surface area contributed by atoms with E-state index in [-0.39, 0.29) is 11.6 Å². The van der Waals surface area contributed by atoms with Crippen molar-refractivity contribution in [1.82, 2.24) is 0 Å². The third-order valence-corrected chi connectivity index (χ3v) is 3.48. The van der Waals surface area contributed by atoms with Gasteiger partial charge in [-0.1, -0.05) is 57.2 Å². The molecule has 2 nitrogen and oxygen atoms in total. The lowest BCUT2D eigenvalue weighted by Gasteiger charge is -2.21. The lowest BCUT2D eigenvalue weighted by Crippen LogP contribution is -2.28. The van der Waals surface area contributed by atoms with Crippen LogP contribution >= 0.6 is 0 Å². The number of hydrogen-bond donors (Lipinski definition) is 0. The van der Waals surface area contributed by atoms with Crippen molar-refractivity contribution in [2.24, 2.45) is 5.92 Å². The van der Waals surface area contributed by atoms with Crippen LogP contribution in [0.3, 0.4) is 0 Å². The van der Waals surface area contributed by atoms with Crippen LogP contribution in [0.25, 0.3) is 10.8 Å². The Morgan fingerprint density at radius 2 is 1.37 bits per heavy atom. The van der Waals surface area contributed by atoms with Gasteiger partial charge in [0.15, 0.2) is 11.6 Å². The second-order valence-corrected chi connectivity index (χ2v) is 4.40. The van der Waals surface area contributed by atoms with Crippen molar-refractivity contribution in [3.8, 4) is 0 Å². The fourth-order valence-corrected chi connectivity index (χ4v) is 2.62. The topological polar surface area (TPSA) is 34.1 Å². The summed E-state index contributed by atoms with van der Waals surface area (Å²) < 4.78 is 0. The van der Waals surface area contributed by atoms with Gasteiger partial charge >= 0.3 is 0 Å². The van der Waals surface area contributed by atoms with Crippen LogP contribution < -0.4 is 0 Å². The summed E-state index contributed by atoms with van der Waals surface area (Å²) in [4.78, 5) is 24.4. The first kappa shape index (κ1) is 13.5. The fraction of sp³-hybridized carbons (Fsp3) is 0.294. The van der Waals surface area contributed by atoms with Gasteiger partial charge in [0, 0.05) is 16.5 Å². The predicted molar refractivity (Wildman–Crippen MR) is 77.7 cm³/mol. The number of carbonyl (C=O) groups is 2. The van der Waals surface area contributed by atoms with Gasteiger partial charge in [-0.3, -0.25) is 9.59 Å². The highest BCUT2D eigenvalue weighted by molar-refractivity contribution is 6.29. The average molecular weight is 254 g/mol. The number of benzene rings is 2. The van der Waals surface area contributed by atoms with Gasteiger partial charge in [0.05, 0.1) is 5.92 Å². The molecule has 1 aliphatic carbocycles. The number of ketones is 2. The van der Waals surface area contributed by atoms with Gasteiger partial charge in [-0.15, -0.1) is 0 Å². The molecule has 0 N–H and O–H groups in total. The van der Waals surface area contributed by atoms with Crippen LogP contribution in [0.1, 0.15) is 47.9 Å². The van der Waals surface area contributed by atoms with Gasteiger partial charge in [-0.05, 0) is 11.8 Å². The molecule has 2 aromatic carbocycles. The quantitative estimate of drug-likeness (QED) is 0.712. The molecule has 1 aliphatic rings. The molecular weight excluding hydrogens is 236 g/mol. The summed E-state index contributed by atoms with van der Waals surface area (Å²) in [5.74, 6) is -0.542. The molecule has 2 aromatic rings. The van der Waals surface area contributed by atoms with Gasteiger partial charge in [-0.25, -0.2) is 0 Å². The summed E-state index contributed by atoms with van der Waals surface area (Å²) >= 11 is 0. The van der Waals surface area contributed by atoms with E-state index in [0.29, 0.717) is 17.5 Å². The lowest BCUT2D eigenvalue weighted by atomic mass is 9.79. The van der Waals surface area contributed by atoms with E-state index in [4.69, 9.17) is 0 Å². The summed E-state index contributed by atoms with van der Waals surface area (Å²) in [6.45, 7) is 5.88. The van der Waals surface area contributed by atoms with Crippen LogP contribution in [0, 0.1) is 5.92 Å². The predicted octanol–water partition coefficient (Wildman–Crippen LogP) is 4.27. The average Bonchev–Trinajstić information content (AvgIpc) is 2.47. The Morgan fingerprint density at radius 1 is 0.895 bits per heavy atom. The molecule has 0 unspecified atom stereocenters. The normalized spacial score (nSPS) is 14.3. The van der Waals surface area contributed by atoms with Gasteiger partial charge in [0.2, 0.25) is 0 Å². The van der Waals surface area contributed by atoms with E-state index >= 15 is 0 Å². The number of carbonyl (C=O) groups excluding carboxylic acids is 2. The highest BCUT2D eigenvalue weighted by Gasteiger charge is 2.33. The second-order valence-electron chi connectivity index (χ2n) is 4.40. The van der Waals surface area contributed by atoms with Crippen molar-refractivity contribution in [3.63, 3.8) is 0 Å². The summed E-state index contributed by atoms with van der Waals surface area (Å²) in [7, 11) is 0. The molecular formula is C17H18O2. The Kier molecular flexibility index (Phi) is 3.79. The summed E-state index contributed by atoms with van der Waals surface area (Å²) in [6.07, 6.45) is 0.572. The first-order valence-electron chi connectivity index (χ1n) is 6.84. The molecule has 19 heavy (non-hydrogen) atoms. The van der Waals surface area contributed by atoms with Crippen LogP contribution in [-0.2, 0) is 0 Å². The smallest absolute Gasteiger partial charge is 0.174 e. The third kappa shape index (κ3) is 1.97. The van der Waals surface area contributed by atoms with E-state index in [1.165, 1.54) is 0 Å². The molecule has 3 rings (SSSR count). The maximum atomic E-state index is 12.2. The zero-order valence-corrected chi connectivity index (χ0v) is 11.6. The monoisotopic (exact) mass is 254 g/mol. The largest absolute Gasteiger partial charge is 0.293 e. The highest BCUT2D eigenvalue weighted by Crippen LogP contribution is 2.33. The van der Waals surface area contributed by atoms with E-state index in [1.807, 2.05) is 57.2 Å². The molecule has 0 radical (unpaired) electrons. The first-order chi connectivity index (χ1) is 9.24. The van der Waals surface area contributed by atoms with Gasteiger partial charge in [0.1, 0.15) is 0 Å². The molecule has 0 atom stereocenters. The minimum absolute atomic E-state index is 0.0261. The van der Waals surface area contributed by atoms with Crippen LogP contribution in [0.5, 0.6) is 0 Å². The molecule has 0 amide bonds. The Labute approximate surface area is 113 Å². The Bertz CT molecular complexity index is 590. The van der Waals surface area contributed by atoms with Crippen LogP contribution in [0.2, 0.25) is 0 Å². The van der Waals surface area contributed by atoms with Crippen molar-refractivity contribution in [2.75, 3.05) is 0 Å². The van der Waals surface area contributed by atoms with Crippen molar-refractivity contribution >= 4 is 22.3 Å². The number of hydrogen-bond acceptors (Lipinski definition) is 2. The van der Waals surface area contributed by atoms with E-state index in [2.05, 4.69) is 0 Å². The molecule has 0 saturated heterocycles. The van der Waals surface area contributed by atoms with Gasteiger partial charge in [0.25, 0.3) is 0 Å². The molecule has 0 heterocycles. The molecule has 0 aromatic heterocycles. The second kappa shape index (κ2) is 5.35. The van der Waals surface area contributed by atoms with E-state index in [0.717, 1.165) is 10.8 Å². The van der Waals surface area contributed by atoms with Crippen LogP contribution in [-0.4, -0.2) is 11.6 Å². The van der Waals surface area contributed by atoms with E-state index in [1.54, 1.807) is 0 Å². The minimum atomic E-state index is -0.490. The maximum Gasteiger partial charge on any atom is 0.174 e. The molecule has 98 valence electrons. The maximum absolute atomic E-state index is 12.2. The molecule has 0 aliphatic heterocycles. The number of rotatable bonds is 1. The van der Waals surface area contributed by atoms with Gasteiger partial charge in [-0.2, -0.15) is 0 Å². The molecule has 0 saturated carbocycles. The third-order valence-electron chi connectivity index (χ3n) is 3.48. The van der Waals surface area contributed by atoms with Crippen molar-refractivity contribution < 1.29 is 9.59 Å². The first-order valence-corrected chi connectivity index (χ1v) is 6.84. The summed E-state index contributed by atoms with van der Waals surface area (Å²) in [6, 6.07) is 11.3. The van der Waals surface area contributed by atoms with Crippen LogP contribution in [0.15, 0.2) is 36.4 Å². The van der Waals surface area contributed by atoms with Gasteiger partial charge < -0.3 is 0 Å². The zero-order valence-electron chi connectivity index (χ0n) is 11.6. The Hall–Kier alpha value is -1.96. The molecule has 2 heteroatoms. The molecule has 0 fully saturated rings.